The van der Waals surface area contributed by atoms with E-state index in [0.717, 1.165) is 0 Å². The topological polar surface area (TPSA) is 208 Å². The van der Waals surface area contributed by atoms with E-state index in [2.05, 4.69) is 5.32 Å². The molecular formula is C20H29NO12. The van der Waals surface area contributed by atoms with Crippen molar-refractivity contribution in [3.63, 3.8) is 0 Å². The van der Waals surface area contributed by atoms with E-state index in [9.17, 15) is 40.5 Å². The number of carbonyl (C=O) groups excluding carboxylic acids is 1. The number of amides is 1. The van der Waals surface area contributed by atoms with Crippen LogP contribution in [-0.2, 0) is 19.0 Å². The maximum absolute atomic E-state index is 11.1. The SMILES string of the molecule is CC(=O)Nc1ccc(O[C@H]2OC(CO)[C@@H](O[C@H]3OC(CO)[C@@H](O)C(O)[C@H]3O)C(O)C2O)cc1. The molecule has 13 nitrogen and oxygen atoms in total. The third-order valence-corrected chi connectivity index (χ3v) is 5.39. The molecule has 1 aromatic carbocycles. The van der Waals surface area contributed by atoms with Crippen LogP contribution in [-0.4, -0.2) is 116 Å². The molecule has 33 heavy (non-hydrogen) atoms. The van der Waals surface area contributed by atoms with E-state index in [1.54, 1.807) is 12.1 Å². The molecule has 0 spiro atoms. The van der Waals surface area contributed by atoms with Gasteiger partial charge in [-0.2, -0.15) is 0 Å². The Hall–Kier alpha value is -1.91. The summed E-state index contributed by atoms with van der Waals surface area (Å²) in [6, 6.07) is 6.10. The normalized spacial score (nSPS) is 39.2. The van der Waals surface area contributed by atoms with Crippen LogP contribution in [0.2, 0.25) is 0 Å². The Morgan fingerprint density at radius 1 is 0.848 bits per heavy atom. The number of rotatable bonds is 7. The fourth-order valence-electron chi connectivity index (χ4n) is 3.61. The second-order valence-electron chi connectivity index (χ2n) is 7.83. The molecule has 3 rings (SSSR count). The van der Waals surface area contributed by atoms with E-state index in [0.29, 0.717) is 5.69 Å². The molecular weight excluding hydrogens is 446 g/mol. The predicted octanol–water partition coefficient (Wildman–Crippen LogP) is -3.35. The van der Waals surface area contributed by atoms with Crippen LogP contribution in [0, 0.1) is 0 Å². The van der Waals surface area contributed by atoms with Crippen LogP contribution in [0.5, 0.6) is 5.75 Å². The van der Waals surface area contributed by atoms with Crippen LogP contribution < -0.4 is 10.1 Å². The zero-order valence-electron chi connectivity index (χ0n) is 17.7. The van der Waals surface area contributed by atoms with Gasteiger partial charge in [0.2, 0.25) is 12.2 Å². The standard InChI is InChI=1S/C20H29NO12/c1-8(24)21-9-2-4-10(5-3-9)30-19-17(29)15(27)18(12(7-23)32-19)33-20-16(28)14(26)13(25)11(6-22)31-20/h2-5,11-20,22-23,25-29H,6-7H2,1H3,(H,21,24)/t11?,12?,13-,14?,15?,16-,17?,18-,19+,20-/m1/s1. The summed E-state index contributed by atoms with van der Waals surface area (Å²) in [5.74, 6) is -0.0144. The number of carbonyl (C=O) groups is 1. The number of ether oxygens (including phenoxy) is 4. The highest BCUT2D eigenvalue weighted by Gasteiger charge is 2.51. The summed E-state index contributed by atoms with van der Waals surface area (Å²) >= 11 is 0. The highest BCUT2D eigenvalue weighted by molar-refractivity contribution is 5.88. The van der Waals surface area contributed by atoms with Crippen LogP contribution in [0.15, 0.2) is 24.3 Å². The summed E-state index contributed by atoms with van der Waals surface area (Å²) in [6.07, 6.45) is -15.3. The quantitative estimate of drug-likeness (QED) is 0.195. The largest absolute Gasteiger partial charge is 0.462 e. The van der Waals surface area contributed by atoms with E-state index < -0.39 is 74.6 Å². The zero-order chi connectivity index (χ0) is 24.3. The van der Waals surface area contributed by atoms with Crippen molar-refractivity contribution in [1.82, 2.24) is 0 Å². The van der Waals surface area contributed by atoms with E-state index in [1.807, 2.05) is 0 Å². The summed E-state index contributed by atoms with van der Waals surface area (Å²) in [7, 11) is 0. The van der Waals surface area contributed by atoms with Gasteiger partial charge in [0.15, 0.2) is 6.29 Å². The Morgan fingerprint density at radius 3 is 2.00 bits per heavy atom. The van der Waals surface area contributed by atoms with Crippen molar-refractivity contribution in [1.29, 1.82) is 0 Å². The molecule has 1 amide bonds. The smallest absolute Gasteiger partial charge is 0.229 e. The van der Waals surface area contributed by atoms with Crippen molar-refractivity contribution in [3.05, 3.63) is 24.3 Å². The Kier molecular flexibility index (Phi) is 8.58. The van der Waals surface area contributed by atoms with Crippen LogP contribution >= 0.6 is 0 Å². The van der Waals surface area contributed by atoms with Crippen molar-refractivity contribution in [2.45, 2.75) is 68.3 Å². The van der Waals surface area contributed by atoms with E-state index in [4.69, 9.17) is 18.9 Å². The fourth-order valence-corrected chi connectivity index (χ4v) is 3.61. The monoisotopic (exact) mass is 475 g/mol. The third-order valence-electron chi connectivity index (χ3n) is 5.39. The summed E-state index contributed by atoms with van der Waals surface area (Å²) in [5.41, 5.74) is 0.515. The average Bonchev–Trinajstić information content (AvgIpc) is 2.79. The van der Waals surface area contributed by atoms with Crippen molar-refractivity contribution < 1.29 is 59.5 Å². The van der Waals surface area contributed by atoms with Gasteiger partial charge >= 0.3 is 0 Å². The molecule has 2 aliphatic rings. The number of anilines is 1. The molecule has 0 aliphatic carbocycles. The molecule has 0 saturated carbocycles. The van der Waals surface area contributed by atoms with Crippen molar-refractivity contribution in [2.24, 2.45) is 0 Å². The van der Waals surface area contributed by atoms with Crippen LogP contribution in [0.25, 0.3) is 0 Å². The van der Waals surface area contributed by atoms with Gasteiger partial charge in [-0.05, 0) is 24.3 Å². The molecule has 10 atom stereocenters. The van der Waals surface area contributed by atoms with Gasteiger partial charge in [0.1, 0.15) is 54.6 Å². The van der Waals surface area contributed by atoms with E-state index in [1.165, 1.54) is 19.1 Å². The van der Waals surface area contributed by atoms with Gasteiger partial charge in [-0.3, -0.25) is 4.79 Å². The summed E-state index contributed by atoms with van der Waals surface area (Å²) < 4.78 is 21.8. The molecule has 0 radical (unpaired) electrons. The van der Waals surface area contributed by atoms with Crippen molar-refractivity contribution in [3.8, 4) is 5.75 Å². The summed E-state index contributed by atoms with van der Waals surface area (Å²) in [4.78, 5) is 11.1. The molecule has 2 heterocycles. The molecule has 2 aliphatic heterocycles. The summed E-state index contributed by atoms with van der Waals surface area (Å²) in [5, 5.41) is 72.6. The highest BCUT2D eigenvalue weighted by Crippen LogP contribution is 2.30. The minimum Gasteiger partial charge on any atom is -0.462 e. The average molecular weight is 475 g/mol. The first kappa shape index (κ1) is 25.7. The summed E-state index contributed by atoms with van der Waals surface area (Å²) in [6.45, 7) is 0.000118. The number of benzene rings is 1. The van der Waals surface area contributed by atoms with Gasteiger partial charge in [0.25, 0.3) is 0 Å². The van der Waals surface area contributed by atoms with Gasteiger partial charge in [-0.1, -0.05) is 0 Å². The molecule has 186 valence electrons. The maximum Gasteiger partial charge on any atom is 0.229 e. The molecule has 2 fully saturated rings. The molecule has 1 aromatic rings. The lowest BCUT2D eigenvalue weighted by Gasteiger charge is -2.45. The second kappa shape index (κ2) is 11.0. The molecule has 0 aromatic heterocycles. The van der Waals surface area contributed by atoms with Gasteiger partial charge in [-0.25, -0.2) is 0 Å². The van der Waals surface area contributed by atoms with Gasteiger partial charge in [0, 0.05) is 12.6 Å². The maximum atomic E-state index is 11.1. The number of hydrogen-bond donors (Lipinski definition) is 8. The number of aliphatic hydroxyl groups excluding tert-OH is 7. The molecule has 13 heteroatoms. The lowest BCUT2D eigenvalue weighted by atomic mass is 9.97. The van der Waals surface area contributed by atoms with Gasteiger partial charge in [-0.15, -0.1) is 0 Å². The molecule has 0 bridgehead atoms. The predicted molar refractivity (Wildman–Crippen MR) is 108 cm³/mol. The number of hydrogen-bond acceptors (Lipinski definition) is 12. The Balaban J connectivity index is 1.68. The second-order valence-corrected chi connectivity index (χ2v) is 7.83. The Labute approximate surface area is 188 Å². The van der Waals surface area contributed by atoms with Crippen molar-refractivity contribution in [2.75, 3.05) is 18.5 Å². The molecule has 2 saturated heterocycles. The highest BCUT2D eigenvalue weighted by atomic mass is 16.7. The minimum absolute atomic E-state index is 0.241. The lowest BCUT2D eigenvalue weighted by molar-refractivity contribution is -0.352. The number of nitrogens with one attached hydrogen (secondary N) is 1. The van der Waals surface area contributed by atoms with Crippen molar-refractivity contribution >= 4 is 11.6 Å². The van der Waals surface area contributed by atoms with E-state index in [-0.39, 0.29) is 11.7 Å². The molecule has 8 N–H and O–H groups in total. The van der Waals surface area contributed by atoms with Gasteiger partial charge in [0.05, 0.1) is 13.2 Å². The van der Waals surface area contributed by atoms with Crippen LogP contribution in [0.3, 0.4) is 0 Å². The zero-order valence-corrected chi connectivity index (χ0v) is 17.7. The van der Waals surface area contributed by atoms with Crippen LogP contribution in [0.1, 0.15) is 6.92 Å². The third kappa shape index (κ3) is 5.78. The van der Waals surface area contributed by atoms with Crippen LogP contribution in [0.4, 0.5) is 5.69 Å². The number of aliphatic hydroxyl groups is 7. The minimum atomic E-state index is -1.75. The molecule has 5 unspecified atom stereocenters. The Morgan fingerprint density at radius 2 is 1.42 bits per heavy atom. The first-order valence-corrected chi connectivity index (χ1v) is 10.3. The van der Waals surface area contributed by atoms with E-state index >= 15 is 0 Å². The Bertz CT molecular complexity index is 775. The van der Waals surface area contributed by atoms with Gasteiger partial charge < -0.3 is 60.0 Å². The lowest BCUT2D eigenvalue weighted by Crippen LogP contribution is -2.65. The first-order valence-electron chi connectivity index (χ1n) is 10.3. The fraction of sp³-hybridized carbons (Fsp3) is 0.650. The first-order chi connectivity index (χ1) is 15.7.